The Bertz CT molecular complexity index is 565. The topological polar surface area (TPSA) is 69.6 Å². The Labute approximate surface area is 131 Å². The van der Waals surface area contributed by atoms with E-state index < -0.39 is 23.1 Å². The third kappa shape index (κ3) is 2.99. The summed E-state index contributed by atoms with van der Waals surface area (Å²) >= 11 is 0. The van der Waals surface area contributed by atoms with Gasteiger partial charge in [0.05, 0.1) is 12.6 Å². The molecule has 1 aliphatic rings. The van der Waals surface area contributed by atoms with Gasteiger partial charge < -0.3 is 10.4 Å². The quantitative estimate of drug-likeness (QED) is 0.835. The predicted molar refractivity (Wildman–Crippen MR) is 84.3 cm³/mol. The fraction of sp³-hybridized carbons (Fsp3) is 0.529. The molecule has 0 aromatic heterocycles. The van der Waals surface area contributed by atoms with Crippen LogP contribution in [0.25, 0.3) is 0 Å². The Morgan fingerprint density at radius 1 is 1.23 bits per heavy atom. The summed E-state index contributed by atoms with van der Waals surface area (Å²) in [6.07, 6.45) is -0.371. The zero-order valence-corrected chi connectivity index (χ0v) is 13.6. The molecule has 0 aliphatic carbocycles. The molecule has 1 heterocycles. The van der Waals surface area contributed by atoms with Crippen LogP contribution in [0.4, 0.5) is 4.79 Å². The van der Waals surface area contributed by atoms with Crippen LogP contribution in [0.1, 0.15) is 33.3 Å². The molecule has 0 saturated carbocycles. The van der Waals surface area contributed by atoms with Crippen LogP contribution < -0.4 is 5.32 Å². The zero-order chi connectivity index (χ0) is 16.5. The number of rotatable bonds is 4. The molecule has 0 radical (unpaired) electrons. The zero-order valence-electron chi connectivity index (χ0n) is 13.6. The summed E-state index contributed by atoms with van der Waals surface area (Å²) in [5.74, 6) is -0.280. The Kier molecular flexibility index (Phi) is 4.29. The lowest BCUT2D eigenvalue weighted by atomic mass is 9.75. The summed E-state index contributed by atoms with van der Waals surface area (Å²) < 4.78 is 0. The largest absolute Gasteiger partial charge is 0.391 e. The monoisotopic (exact) mass is 304 g/mol. The average molecular weight is 304 g/mol. The summed E-state index contributed by atoms with van der Waals surface area (Å²) in [6.45, 7) is 7.47. The number of amides is 3. The lowest BCUT2D eigenvalue weighted by Crippen LogP contribution is -2.54. The summed E-state index contributed by atoms with van der Waals surface area (Å²) in [5, 5.41) is 13.0. The van der Waals surface area contributed by atoms with Gasteiger partial charge in [-0.05, 0) is 17.9 Å². The van der Waals surface area contributed by atoms with Gasteiger partial charge in [-0.25, -0.2) is 4.79 Å². The minimum Gasteiger partial charge on any atom is -0.391 e. The lowest BCUT2D eigenvalue weighted by Gasteiger charge is -2.35. The minimum atomic E-state index is -0.948. The van der Waals surface area contributed by atoms with Crippen molar-refractivity contribution in [2.45, 2.75) is 45.8 Å². The van der Waals surface area contributed by atoms with Gasteiger partial charge in [-0.1, -0.05) is 51.1 Å². The van der Waals surface area contributed by atoms with Gasteiger partial charge in [-0.2, -0.15) is 0 Å². The van der Waals surface area contributed by atoms with Crippen molar-refractivity contribution in [3.8, 4) is 0 Å². The lowest BCUT2D eigenvalue weighted by molar-refractivity contribution is -0.135. The third-order valence-electron chi connectivity index (χ3n) is 4.48. The van der Waals surface area contributed by atoms with Gasteiger partial charge in [0.2, 0.25) is 0 Å². The second-order valence-electron chi connectivity index (χ2n) is 7.06. The number of hydrogen-bond acceptors (Lipinski definition) is 3. The highest BCUT2D eigenvalue weighted by Gasteiger charge is 2.54. The minimum absolute atomic E-state index is 0.00519. The normalized spacial score (nSPS) is 23.6. The molecule has 1 saturated heterocycles. The van der Waals surface area contributed by atoms with E-state index in [1.807, 2.05) is 51.1 Å². The second-order valence-corrected chi connectivity index (χ2v) is 7.06. The van der Waals surface area contributed by atoms with Crippen LogP contribution in [0.3, 0.4) is 0 Å². The van der Waals surface area contributed by atoms with Crippen molar-refractivity contribution in [2.75, 3.05) is 6.54 Å². The molecule has 2 N–H and O–H groups in total. The number of nitrogens with one attached hydrogen (secondary N) is 1. The summed E-state index contributed by atoms with van der Waals surface area (Å²) in [5.41, 5.74) is -0.379. The molecule has 0 spiro atoms. The van der Waals surface area contributed by atoms with E-state index in [0.29, 0.717) is 6.42 Å². The molecule has 120 valence electrons. The van der Waals surface area contributed by atoms with E-state index >= 15 is 0 Å². The smallest absolute Gasteiger partial charge is 0.325 e. The third-order valence-corrected chi connectivity index (χ3v) is 4.48. The fourth-order valence-corrected chi connectivity index (χ4v) is 2.53. The van der Waals surface area contributed by atoms with Crippen molar-refractivity contribution in [1.29, 1.82) is 0 Å². The molecular formula is C17H24N2O3. The maximum Gasteiger partial charge on any atom is 0.325 e. The Morgan fingerprint density at radius 3 is 2.32 bits per heavy atom. The van der Waals surface area contributed by atoms with Crippen LogP contribution in [0.5, 0.6) is 0 Å². The number of imide groups is 1. The van der Waals surface area contributed by atoms with E-state index in [0.717, 1.165) is 10.5 Å². The number of benzene rings is 1. The van der Waals surface area contributed by atoms with E-state index in [-0.39, 0.29) is 12.5 Å². The molecule has 0 unspecified atom stereocenters. The van der Waals surface area contributed by atoms with Gasteiger partial charge in [-0.15, -0.1) is 0 Å². The fourth-order valence-electron chi connectivity index (χ4n) is 2.53. The van der Waals surface area contributed by atoms with Gasteiger partial charge >= 0.3 is 6.03 Å². The molecular weight excluding hydrogens is 280 g/mol. The number of β-amino-alcohol motifs (C(OH)–C–C–N with tert-alkyl or cyclic N) is 1. The van der Waals surface area contributed by atoms with Gasteiger partial charge in [0, 0.05) is 6.42 Å². The molecule has 3 amide bonds. The number of aliphatic hydroxyl groups is 1. The first-order valence-electron chi connectivity index (χ1n) is 7.51. The van der Waals surface area contributed by atoms with Crippen molar-refractivity contribution in [3.63, 3.8) is 0 Å². The van der Waals surface area contributed by atoms with E-state index in [1.54, 1.807) is 6.92 Å². The SMILES string of the molecule is CC(C)(C)[C@@]1(C)NC(=O)N(C[C@H](O)Cc2ccccc2)C1=O. The number of carbonyl (C=O) groups is 2. The van der Waals surface area contributed by atoms with E-state index in [2.05, 4.69) is 5.32 Å². The Hall–Kier alpha value is -1.88. The Balaban J connectivity index is 2.07. The number of carbonyl (C=O) groups excluding carboxylic acids is 2. The van der Waals surface area contributed by atoms with Gasteiger partial charge in [0.25, 0.3) is 5.91 Å². The number of nitrogens with zero attached hydrogens (tertiary/aromatic N) is 1. The van der Waals surface area contributed by atoms with Crippen LogP contribution >= 0.6 is 0 Å². The van der Waals surface area contributed by atoms with Gasteiger partial charge in [-0.3, -0.25) is 9.69 Å². The van der Waals surface area contributed by atoms with Crippen LogP contribution in [0, 0.1) is 5.41 Å². The maximum atomic E-state index is 12.6. The summed E-state index contributed by atoms with van der Waals surface area (Å²) in [6, 6.07) is 9.08. The molecule has 2 rings (SSSR count). The van der Waals surface area contributed by atoms with Crippen LogP contribution in [0.2, 0.25) is 0 Å². The maximum absolute atomic E-state index is 12.6. The van der Waals surface area contributed by atoms with Gasteiger partial charge in [0.1, 0.15) is 5.54 Å². The highest BCUT2D eigenvalue weighted by molar-refractivity contribution is 6.07. The molecule has 1 aliphatic heterocycles. The summed E-state index contributed by atoms with van der Waals surface area (Å²) in [7, 11) is 0. The molecule has 1 fully saturated rings. The predicted octanol–water partition coefficient (Wildman–Crippen LogP) is 1.95. The second kappa shape index (κ2) is 5.72. The number of hydrogen-bond donors (Lipinski definition) is 2. The molecule has 0 bridgehead atoms. The van der Waals surface area contributed by atoms with Crippen molar-refractivity contribution in [3.05, 3.63) is 35.9 Å². The molecule has 22 heavy (non-hydrogen) atoms. The highest BCUT2D eigenvalue weighted by atomic mass is 16.3. The highest BCUT2D eigenvalue weighted by Crippen LogP contribution is 2.35. The standard InChI is InChI=1S/C17H24N2O3/c1-16(2,3)17(4)14(21)19(15(22)18-17)11-13(20)10-12-8-6-5-7-9-12/h5-9,13,20H,10-11H2,1-4H3,(H,18,22)/t13-,17+/m1/s1. The van der Waals surface area contributed by atoms with Crippen molar-refractivity contribution < 1.29 is 14.7 Å². The van der Waals surface area contributed by atoms with Crippen LogP contribution in [-0.4, -0.2) is 40.1 Å². The Morgan fingerprint density at radius 2 is 1.82 bits per heavy atom. The number of aliphatic hydroxyl groups excluding tert-OH is 1. The molecule has 5 nitrogen and oxygen atoms in total. The summed E-state index contributed by atoms with van der Waals surface area (Å²) in [4.78, 5) is 25.8. The number of urea groups is 1. The average Bonchev–Trinajstić information content (AvgIpc) is 2.64. The first-order valence-corrected chi connectivity index (χ1v) is 7.51. The first kappa shape index (κ1) is 16.5. The van der Waals surface area contributed by atoms with Crippen molar-refractivity contribution in [1.82, 2.24) is 10.2 Å². The van der Waals surface area contributed by atoms with Gasteiger partial charge in [0.15, 0.2) is 0 Å². The van der Waals surface area contributed by atoms with Crippen molar-refractivity contribution >= 4 is 11.9 Å². The van der Waals surface area contributed by atoms with Crippen LogP contribution in [0.15, 0.2) is 30.3 Å². The molecule has 2 atom stereocenters. The van der Waals surface area contributed by atoms with Crippen molar-refractivity contribution in [2.24, 2.45) is 5.41 Å². The molecule has 1 aromatic rings. The van der Waals surface area contributed by atoms with E-state index in [4.69, 9.17) is 0 Å². The van der Waals surface area contributed by atoms with E-state index in [9.17, 15) is 14.7 Å². The first-order chi connectivity index (χ1) is 10.1. The molecule has 1 aromatic carbocycles. The van der Waals surface area contributed by atoms with E-state index in [1.165, 1.54) is 0 Å². The molecule has 5 heteroatoms. The van der Waals surface area contributed by atoms with Crippen LogP contribution in [-0.2, 0) is 11.2 Å².